The maximum absolute atomic E-state index is 13.7. The van der Waals surface area contributed by atoms with Gasteiger partial charge in [-0.05, 0) is 42.9 Å². The van der Waals surface area contributed by atoms with Crippen LogP contribution in [0.15, 0.2) is 24.3 Å². The highest BCUT2D eigenvalue weighted by Gasteiger charge is 2.59. The second-order valence-electron chi connectivity index (χ2n) is 6.63. The highest BCUT2D eigenvalue weighted by molar-refractivity contribution is 5.98. The molecular weight excluding hydrogens is 299 g/mol. The van der Waals surface area contributed by atoms with E-state index >= 15 is 0 Å². The van der Waals surface area contributed by atoms with Gasteiger partial charge in [0.25, 0.3) is 5.91 Å². The van der Waals surface area contributed by atoms with E-state index in [-0.39, 0.29) is 23.1 Å². The molecule has 1 atom stereocenters. The molecule has 1 unspecified atom stereocenters. The fourth-order valence-electron chi connectivity index (χ4n) is 3.81. The van der Waals surface area contributed by atoms with E-state index in [4.69, 9.17) is 5.11 Å². The molecule has 1 aromatic carbocycles. The number of aromatic nitrogens is 1. The van der Waals surface area contributed by atoms with Crippen LogP contribution in [0, 0.1) is 17.2 Å². The van der Waals surface area contributed by atoms with Crippen molar-refractivity contribution >= 4 is 22.8 Å². The van der Waals surface area contributed by atoms with Crippen molar-refractivity contribution < 1.29 is 19.1 Å². The van der Waals surface area contributed by atoms with Crippen LogP contribution in [0.2, 0.25) is 0 Å². The predicted molar refractivity (Wildman–Crippen MR) is 81.6 cm³/mol. The van der Waals surface area contributed by atoms with Gasteiger partial charge < -0.3 is 15.0 Å². The first kappa shape index (κ1) is 14.2. The molecule has 120 valence electrons. The quantitative estimate of drug-likeness (QED) is 0.894. The van der Waals surface area contributed by atoms with Crippen molar-refractivity contribution in [2.75, 3.05) is 13.1 Å². The molecule has 2 fully saturated rings. The van der Waals surface area contributed by atoms with Gasteiger partial charge in [-0.2, -0.15) is 0 Å². The molecule has 1 amide bonds. The molecular formula is C17H17FN2O3. The van der Waals surface area contributed by atoms with Crippen LogP contribution in [0.1, 0.15) is 29.8 Å². The van der Waals surface area contributed by atoms with Crippen molar-refractivity contribution in [1.29, 1.82) is 0 Å². The average Bonchev–Trinajstić information content (AvgIpc) is 3.05. The number of carbonyl (C=O) groups is 2. The van der Waals surface area contributed by atoms with E-state index in [1.807, 2.05) is 0 Å². The zero-order valence-corrected chi connectivity index (χ0v) is 12.5. The number of likely N-dealkylation sites (tertiary alicyclic amines) is 1. The largest absolute Gasteiger partial charge is 0.481 e. The minimum atomic E-state index is -0.726. The van der Waals surface area contributed by atoms with Crippen LogP contribution in [0.4, 0.5) is 4.39 Å². The number of H-pyrrole nitrogens is 1. The maximum atomic E-state index is 13.7. The van der Waals surface area contributed by atoms with E-state index < -0.39 is 5.97 Å². The number of rotatable bonds is 2. The molecule has 2 N–H and O–H groups in total. The minimum Gasteiger partial charge on any atom is -0.481 e. The molecule has 1 spiro atoms. The van der Waals surface area contributed by atoms with Crippen LogP contribution in [-0.2, 0) is 4.79 Å². The summed E-state index contributed by atoms with van der Waals surface area (Å²) < 4.78 is 13.7. The number of nitrogens with one attached hydrogen (secondary N) is 1. The van der Waals surface area contributed by atoms with Gasteiger partial charge in [0.05, 0.1) is 5.92 Å². The summed E-state index contributed by atoms with van der Waals surface area (Å²) >= 11 is 0. The Balaban J connectivity index is 1.49. The zero-order chi connectivity index (χ0) is 16.2. The summed E-state index contributed by atoms with van der Waals surface area (Å²) in [4.78, 5) is 28.4. The number of halogens is 1. The molecule has 2 aliphatic rings. The van der Waals surface area contributed by atoms with Crippen molar-refractivity contribution in [2.24, 2.45) is 11.3 Å². The second-order valence-corrected chi connectivity index (χ2v) is 6.63. The SMILES string of the molecule is O=C(O)C1CC12CCN(C(=O)c1cc3c(F)cccc3[nH]1)CC2. The number of aliphatic carboxylic acids is 1. The Hall–Kier alpha value is -2.37. The van der Waals surface area contributed by atoms with Crippen molar-refractivity contribution in [1.82, 2.24) is 9.88 Å². The zero-order valence-electron chi connectivity index (χ0n) is 12.5. The van der Waals surface area contributed by atoms with Crippen LogP contribution >= 0.6 is 0 Å². The third-order valence-corrected chi connectivity index (χ3v) is 5.38. The summed E-state index contributed by atoms with van der Waals surface area (Å²) in [5, 5.41) is 9.52. The van der Waals surface area contributed by atoms with Crippen molar-refractivity contribution in [3.05, 3.63) is 35.8 Å². The molecule has 2 heterocycles. The third-order valence-electron chi connectivity index (χ3n) is 5.38. The fraction of sp³-hybridized carbons (Fsp3) is 0.412. The highest BCUT2D eigenvalue weighted by atomic mass is 19.1. The first-order valence-corrected chi connectivity index (χ1v) is 7.79. The molecule has 2 aromatic rings. The molecule has 1 aromatic heterocycles. The first-order valence-electron chi connectivity index (χ1n) is 7.79. The number of nitrogens with zero attached hydrogens (tertiary/aromatic N) is 1. The number of aromatic amines is 1. The maximum Gasteiger partial charge on any atom is 0.307 e. The van der Waals surface area contributed by atoms with Gasteiger partial charge in [-0.15, -0.1) is 0 Å². The van der Waals surface area contributed by atoms with Crippen molar-refractivity contribution in [3.8, 4) is 0 Å². The minimum absolute atomic E-state index is 0.102. The summed E-state index contributed by atoms with van der Waals surface area (Å²) in [6, 6.07) is 6.26. The first-order chi connectivity index (χ1) is 11.0. The van der Waals surface area contributed by atoms with E-state index in [1.165, 1.54) is 6.07 Å². The average molecular weight is 316 g/mol. The lowest BCUT2D eigenvalue weighted by Gasteiger charge is -2.32. The molecule has 1 saturated carbocycles. The van der Waals surface area contributed by atoms with Crippen LogP contribution in [0.5, 0.6) is 0 Å². The predicted octanol–water partition coefficient (Wildman–Crippen LogP) is 2.63. The summed E-state index contributed by atoms with van der Waals surface area (Å²) in [6.07, 6.45) is 2.18. The Kier molecular flexibility index (Phi) is 2.98. The molecule has 6 heteroatoms. The molecule has 23 heavy (non-hydrogen) atoms. The van der Waals surface area contributed by atoms with Crippen molar-refractivity contribution in [3.63, 3.8) is 0 Å². The van der Waals surface area contributed by atoms with Gasteiger partial charge in [-0.3, -0.25) is 9.59 Å². The lowest BCUT2D eigenvalue weighted by molar-refractivity contribution is -0.139. The smallest absolute Gasteiger partial charge is 0.307 e. The third kappa shape index (κ3) is 2.20. The number of carboxylic acids is 1. The Labute approximate surface area is 132 Å². The van der Waals surface area contributed by atoms with Gasteiger partial charge in [-0.25, -0.2) is 4.39 Å². The summed E-state index contributed by atoms with van der Waals surface area (Å²) in [6.45, 7) is 1.11. The Morgan fingerprint density at radius 3 is 2.65 bits per heavy atom. The number of benzene rings is 1. The molecule has 1 aliphatic heterocycles. The molecule has 5 nitrogen and oxygen atoms in total. The van der Waals surface area contributed by atoms with Crippen LogP contribution in [0.25, 0.3) is 10.9 Å². The Bertz CT molecular complexity index is 805. The van der Waals surface area contributed by atoms with Crippen LogP contribution in [-0.4, -0.2) is 40.0 Å². The standard InChI is InChI=1S/C17H17FN2O3/c18-12-2-1-3-13-10(12)8-14(19-13)15(21)20-6-4-17(5-7-20)9-11(17)16(22)23/h1-3,8,11,19H,4-7,9H2,(H,22,23). The number of carboxylic acid groups (broad SMARTS) is 1. The molecule has 0 bridgehead atoms. The number of fused-ring (bicyclic) bond motifs is 1. The normalized spacial score (nSPS) is 22.5. The van der Waals surface area contributed by atoms with E-state index in [0.29, 0.717) is 29.7 Å². The second kappa shape index (κ2) is 4.81. The van der Waals surface area contributed by atoms with Gasteiger partial charge in [0.15, 0.2) is 0 Å². The van der Waals surface area contributed by atoms with Crippen LogP contribution in [0.3, 0.4) is 0 Å². The Morgan fingerprint density at radius 2 is 2.04 bits per heavy atom. The topological polar surface area (TPSA) is 73.4 Å². The van der Waals surface area contributed by atoms with Crippen LogP contribution < -0.4 is 0 Å². The van der Waals surface area contributed by atoms with E-state index in [9.17, 15) is 14.0 Å². The number of hydrogen-bond acceptors (Lipinski definition) is 2. The highest BCUT2D eigenvalue weighted by Crippen LogP contribution is 2.59. The molecule has 1 aliphatic carbocycles. The van der Waals surface area contributed by atoms with Gasteiger partial charge in [0, 0.05) is 24.0 Å². The fourth-order valence-corrected chi connectivity index (χ4v) is 3.81. The molecule has 0 radical (unpaired) electrons. The number of carbonyl (C=O) groups excluding carboxylic acids is 1. The van der Waals surface area contributed by atoms with Gasteiger partial charge >= 0.3 is 5.97 Å². The monoisotopic (exact) mass is 316 g/mol. The number of piperidine rings is 1. The van der Waals surface area contributed by atoms with Gasteiger partial charge in [0.2, 0.25) is 0 Å². The molecule has 4 rings (SSSR count). The number of hydrogen-bond donors (Lipinski definition) is 2. The Morgan fingerprint density at radius 1 is 1.30 bits per heavy atom. The molecule has 1 saturated heterocycles. The summed E-state index contributed by atoms with van der Waals surface area (Å²) in [5.74, 6) is -1.47. The lowest BCUT2D eigenvalue weighted by Crippen LogP contribution is -2.40. The van der Waals surface area contributed by atoms with Crippen molar-refractivity contribution in [2.45, 2.75) is 19.3 Å². The van der Waals surface area contributed by atoms with Gasteiger partial charge in [0.1, 0.15) is 11.5 Å². The van der Waals surface area contributed by atoms with Gasteiger partial charge in [-0.1, -0.05) is 6.07 Å². The summed E-state index contributed by atoms with van der Waals surface area (Å²) in [5.41, 5.74) is 0.886. The lowest BCUT2D eigenvalue weighted by atomic mass is 9.90. The van der Waals surface area contributed by atoms with E-state index in [2.05, 4.69) is 4.98 Å². The summed E-state index contributed by atoms with van der Waals surface area (Å²) in [7, 11) is 0. The number of amides is 1. The van der Waals surface area contributed by atoms with E-state index in [0.717, 1.165) is 19.3 Å². The van der Waals surface area contributed by atoms with E-state index in [1.54, 1.807) is 23.1 Å².